The molecule has 1 aliphatic rings. The van der Waals surface area contributed by atoms with E-state index in [2.05, 4.69) is 5.32 Å². The predicted molar refractivity (Wildman–Crippen MR) is 79.3 cm³/mol. The molecule has 1 aliphatic heterocycles. The van der Waals surface area contributed by atoms with E-state index < -0.39 is 23.7 Å². The van der Waals surface area contributed by atoms with E-state index in [1.807, 2.05) is 0 Å². The van der Waals surface area contributed by atoms with Gasteiger partial charge in [0.05, 0.1) is 5.56 Å². The Morgan fingerprint density at radius 1 is 1.39 bits per heavy atom. The minimum atomic E-state index is -4.43. The van der Waals surface area contributed by atoms with Crippen LogP contribution in [-0.4, -0.2) is 36.3 Å². The summed E-state index contributed by atoms with van der Waals surface area (Å²) in [6, 6.07) is 4.20. The van der Waals surface area contributed by atoms with Crippen LogP contribution in [0.15, 0.2) is 30.3 Å². The number of nitrogens with one attached hydrogen (secondary N) is 1. The van der Waals surface area contributed by atoms with Gasteiger partial charge in [0.2, 0.25) is 11.8 Å². The molecular formula is C16H17F3N2O2. The minimum absolute atomic E-state index is 0.163. The SMILES string of the molecule is C/C(=C\C(=O)N[C@@H]1CCN(C)C1=O)c1cccc(C(F)(F)F)c1. The smallest absolute Gasteiger partial charge is 0.344 e. The lowest BCUT2D eigenvalue weighted by atomic mass is 10.0. The highest BCUT2D eigenvalue weighted by atomic mass is 19.4. The maximum atomic E-state index is 12.7. The monoisotopic (exact) mass is 326 g/mol. The Morgan fingerprint density at radius 3 is 2.65 bits per heavy atom. The van der Waals surface area contributed by atoms with Crippen LogP contribution < -0.4 is 5.32 Å². The number of amides is 2. The van der Waals surface area contributed by atoms with Gasteiger partial charge in [-0.1, -0.05) is 12.1 Å². The number of alkyl halides is 3. The zero-order valence-electron chi connectivity index (χ0n) is 12.8. The summed E-state index contributed by atoms with van der Waals surface area (Å²) in [6.07, 6.45) is -2.70. The number of allylic oxidation sites excluding steroid dienone is 1. The summed E-state index contributed by atoms with van der Waals surface area (Å²) >= 11 is 0. The van der Waals surface area contributed by atoms with E-state index in [1.54, 1.807) is 14.0 Å². The van der Waals surface area contributed by atoms with Crippen LogP contribution in [0.25, 0.3) is 5.57 Å². The first kappa shape index (κ1) is 17.1. The largest absolute Gasteiger partial charge is 0.416 e. The number of likely N-dealkylation sites (N-methyl/N-ethyl adjacent to an activating group) is 1. The van der Waals surface area contributed by atoms with E-state index in [9.17, 15) is 22.8 Å². The lowest BCUT2D eigenvalue weighted by Gasteiger charge is -2.12. The minimum Gasteiger partial charge on any atom is -0.344 e. The van der Waals surface area contributed by atoms with Crippen LogP contribution >= 0.6 is 0 Å². The van der Waals surface area contributed by atoms with Gasteiger partial charge in [0.1, 0.15) is 6.04 Å². The lowest BCUT2D eigenvalue weighted by molar-refractivity contribution is -0.137. The molecule has 7 heteroatoms. The highest BCUT2D eigenvalue weighted by Gasteiger charge is 2.31. The van der Waals surface area contributed by atoms with Gasteiger partial charge in [-0.05, 0) is 36.6 Å². The van der Waals surface area contributed by atoms with Gasteiger partial charge >= 0.3 is 6.18 Å². The number of nitrogens with zero attached hydrogens (tertiary/aromatic N) is 1. The fraction of sp³-hybridized carbons (Fsp3) is 0.375. The molecule has 1 fully saturated rings. The number of benzene rings is 1. The van der Waals surface area contributed by atoms with Crippen LogP contribution in [-0.2, 0) is 15.8 Å². The zero-order valence-corrected chi connectivity index (χ0v) is 12.8. The molecule has 124 valence electrons. The third-order valence-electron chi connectivity index (χ3n) is 3.74. The summed E-state index contributed by atoms with van der Waals surface area (Å²) in [5.41, 5.74) is -0.0620. The number of carbonyl (C=O) groups excluding carboxylic acids is 2. The van der Waals surface area contributed by atoms with E-state index in [-0.39, 0.29) is 5.91 Å². The van der Waals surface area contributed by atoms with Crippen LogP contribution in [0.3, 0.4) is 0 Å². The van der Waals surface area contributed by atoms with E-state index in [4.69, 9.17) is 0 Å². The number of carbonyl (C=O) groups is 2. The maximum absolute atomic E-state index is 12.7. The molecule has 0 unspecified atom stereocenters. The average Bonchev–Trinajstić information content (AvgIpc) is 2.78. The van der Waals surface area contributed by atoms with Crippen LogP contribution in [0, 0.1) is 0 Å². The van der Waals surface area contributed by atoms with Gasteiger partial charge in [-0.25, -0.2) is 0 Å². The summed E-state index contributed by atoms with van der Waals surface area (Å²) in [5.74, 6) is -0.656. The molecule has 0 bridgehead atoms. The third kappa shape index (κ3) is 4.12. The Hall–Kier alpha value is -2.31. The Bertz CT molecular complexity index is 653. The number of likely N-dealkylation sites (tertiary alicyclic amines) is 1. The Balaban J connectivity index is 2.10. The highest BCUT2D eigenvalue weighted by molar-refractivity contribution is 5.98. The first-order valence-corrected chi connectivity index (χ1v) is 7.10. The van der Waals surface area contributed by atoms with Crippen molar-refractivity contribution in [1.29, 1.82) is 0 Å². The summed E-state index contributed by atoms with van der Waals surface area (Å²) in [6.45, 7) is 2.12. The molecule has 2 amide bonds. The molecule has 0 aromatic heterocycles. The van der Waals surface area contributed by atoms with E-state index >= 15 is 0 Å². The molecular weight excluding hydrogens is 309 g/mol. The fourth-order valence-corrected chi connectivity index (χ4v) is 2.39. The van der Waals surface area contributed by atoms with Crippen molar-refractivity contribution >= 4 is 17.4 Å². The van der Waals surface area contributed by atoms with Crippen LogP contribution in [0.4, 0.5) is 13.2 Å². The molecule has 1 N–H and O–H groups in total. The van der Waals surface area contributed by atoms with Gasteiger partial charge < -0.3 is 10.2 Å². The van der Waals surface area contributed by atoms with Gasteiger partial charge in [0.25, 0.3) is 0 Å². The molecule has 1 atom stereocenters. The molecule has 1 aromatic carbocycles. The summed E-state index contributed by atoms with van der Waals surface area (Å²) < 4.78 is 38.1. The van der Waals surface area contributed by atoms with Gasteiger partial charge in [0, 0.05) is 19.7 Å². The lowest BCUT2D eigenvalue weighted by Crippen LogP contribution is -2.39. The summed E-state index contributed by atoms with van der Waals surface area (Å²) in [5, 5.41) is 2.58. The van der Waals surface area contributed by atoms with Crippen molar-refractivity contribution in [2.45, 2.75) is 25.6 Å². The maximum Gasteiger partial charge on any atom is 0.416 e. The Kier molecular flexibility index (Phi) is 4.77. The molecule has 1 aromatic rings. The number of hydrogen-bond acceptors (Lipinski definition) is 2. The van der Waals surface area contributed by atoms with E-state index in [1.165, 1.54) is 23.1 Å². The second-order valence-electron chi connectivity index (χ2n) is 5.52. The fourth-order valence-electron chi connectivity index (χ4n) is 2.39. The number of rotatable bonds is 3. The standard InChI is InChI=1S/C16H17F3N2O2/c1-10(11-4-3-5-12(9-11)16(17,18)19)8-14(22)20-13-6-7-21(2)15(13)23/h3-5,8-9,13H,6-7H2,1-2H3,(H,20,22)/b10-8+/t13-/m1/s1. The summed E-state index contributed by atoms with van der Waals surface area (Å²) in [4.78, 5) is 25.2. The molecule has 0 aliphatic carbocycles. The van der Waals surface area contributed by atoms with Gasteiger partial charge in [-0.3, -0.25) is 9.59 Å². The van der Waals surface area contributed by atoms with Crippen molar-refractivity contribution in [3.8, 4) is 0 Å². The molecule has 1 saturated heterocycles. The average molecular weight is 326 g/mol. The predicted octanol–water partition coefficient (Wildman–Crippen LogP) is 2.46. The zero-order chi connectivity index (χ0) is 17.2. The highest BCUT2D eigenvalue weighted by Crippen LogP contribution is 2.30. The first-order chi connectivity index (χ1) is 10.7. The van der Waals surface area contributed by atoms with Crippen LogP contribution in [0.5, 0.6) is 0 Å². The van der Waals surface area contributed by atoms with Crippen LogP contribution in [0.1, 0.15) is 24.5 Å². The second kappa shape index (κ2) is 6.44. The topological polar surface area (TPSA) is 49.4 Å². The van der Waals surface area contributed by atoms with Crippen LogP contribution in [0.2, 0.25) is 0 Å². The number of halogens is 3. The van der Waals surface area contributed by atoms with Gasteiger partial charge in [-0.2, -0.15) is 13.2 Å². The Labute approximate surface area is 132 Å². The third-order valence-corrected chi connectivity index (χ3v) is 3.74. The van der Waals surface area contributed by atoms with E-state index in [0.29, 0.717) is 24.1 Å². The van der Waals surface area contributed by atoms with E-state index in [0.717, 1.165) is 12.1 Å². The summed E-state index contributed by atoms with van der Waals surface area (Å²) in [7, 11) is 1.65. The van der Waals surface area contributed by atoms with Crippen molar-refractivity contribution in [1.82, 2.24) is 10.2 Å². The molecule has 0 radical (unpaired) electrons. The van der Waals surface area contributed by atoms with Crippen molar-refractivity contribution in [3.63, 3.8) is 0 Å². The van der Waals surface area contributed by atoms with Gasteiger partial charge in [-0.15, -0.1) is 0 Å². The molecule has 0 saturated carbocycles. The van der Waals surface area contributed by atoms with Crippen molar-refractivity contribution in [3.05, 3.63) is 41.5 Å². The van der Waals surface area contributed by atoms with Gasteiger partial charge in [0.15, 0.2) is 0 Å². The molecule has 0 spiro atoms. The van der Waals surface area contributed by atoms with Crippen molar-refractivity contribution < 1.29 is 22.8 Å². The molecule has 4 nitrogen and oxygen atoms in total. The van der Waals surface area contributed by atoms with Crippen molar-refractivity contribution in [2.24, 2.45) is 0 Å². The molecule has 2 rings (SSSR count). The molecule has 1 heterocycles. The first-order valence-electron chi connectivity index (χ1n) is 7.10. The van der Waals surface area contributed by atoms with Crippen molar-refractivity contribution in [2.75, 3.05) is 13.6 Å². The second-order valence-corrected chi connectivity index (χ2v) is 5.52. The number of hydrogen-bond donors (Lipinski definition) is 1. The molecule has 23 heavy (non-hydrogen) atoms. The normalized spacial score (nSPS) is 19.2. The quantitative estimate of drug-likeness (QED) is 0.868. The Morgan fingerprint density at radius 2 is 2.09 bits per heavy atom.